The number of carboxylic acid groups (broad SMARTS) is 1. The van der Waals surface area contributed by atoms with E-state index in [9.17, 15) is 14.7 Å². The summed E-state index contributed by atoms with van der Waals surface area (Å²) in [6.07, 6.45) is 2.56. The van der Waals surface area contributed by atoms with Crippen LogP contribution in [0.2, 0.25) is 5.02 Å². The summed E-state index contributed by atoms with van der Waals surface area (Å²) in [6.45, 7) is 2.19. The van der Waals surface area contributed by atoms with Gasteiger partial charge in [0.1, 0.15) is 6.04 Å². The lowest BCUT2D eigenvalue weighted by molar-refractivity contribution is -0.141. The second-order valence-corrected chi connectivity index (χ2v) is 6.57. The molecule has 0 spiro atoms. The Morgan fingerprint density at radius 1 is 1.26 bits per heavy atom. The minimum Gasteiger partial charge on any atom is -0.480 e. The third kappa shape index (κ3) is 3.14. The number of benzene rings is 1. The highest BCUT2D eigenvalue weighted by atomic mass is 35.5. The van der Waals surface area contributed by atoms with Gasteiger partial charge in [-0.1, -0.05) is 11.6 Å². The van der Waals surface area contributed by atoms with Crippen LogP contribution in [0, 0.1) is 0 Å². The molecule has 23 heavy (non-hydrogen) atoms. The maximum Gasteiger partial charge on any atom is 0.326 e. The van der Waals surface area contributed by atoms with Crippen LogP contribution in [0.15, 0.2) is 18.2 Å². The molecule has 3 rings (SSSR count). The quantitative estimate of drug-likeness (QED) is 0.874. The highest BCUT2D eigenvalue weighted by molar-refractivity contribution is 6.33. The van der Waals surface area contributed by atoms with E-state index >= 15 is 0 Å². The van der Waals surface area contributed by atoms with E-state index < -0.39 is 12.0 Å². The van der Waals surface area contributed by atoms with Crippen molar-refractivity contribution in [3.8, 4) is 0 Å². The maximum absolute atomic E-state index is 12.6. The number of likely N-dealkylation sites (tertiary alicyclic amines) is 1. The van der Waals surface area contributed by atoms with E-state index in [1.54, 1.807) is 12.1 Å². The van der Waals surface area contributed by atoms with Crippen LogP contribution in [0.1, 0.15) is 29.6 Å². The largest absolute Gasteiger partial charge is 0.480 e. The first-order chi connectivity index (χ1) is 11.0. The maximum atomic E-state index is 12.6. The molecule has 2 saturated heterocycles. The molecule has 1 aromatic rings. The number of amides is 1. The Labute approximate surface area is 139 Å². The predicted molar refractivity (Wildman–Crippen MR) is 88.0 cm³/mol. The number of carbonyl (C=O) groups excluding carboxylic acids is 1. The summed E-state index contributed by atoms with van der Waals surface area (Å²) < 4.78 is 0. The summed E-state index contributed by atoms with van der Waals surface area (Å²) in [5.74, 6) is -1.36. The highest BCUT2D eigenvalue weighted by Crippen LogP contribution is 2.30. The minimum absolute atomic E-state index is 0.251. The van der Waals surface area contributed by atoms with Crippen LogP contribution < -0.4 is 10.6 Å². The Hall–Kier alpha value is -1.79. The van der Waals surface area contributed by atoms with Gasteiger partial charge < -0.3 is 20.6 Å². The van der Waals surface area contributed by atoms with Crippen LogP contribution in [0.3, 0.4) is 0 Å². The van der Waals surface area contributed by atoms with Gasteiger partial charge in [0.2, 0.25) is 0 Å². The van der Waals surface area contributed by atoms with E-state index in [1.165, 1.54) is 4.90 Å². The van der Waals surface area contributed by atoms with Crippen molar-refractivity contribution in [3.05, 3.63) is 28.8 Å². The lowest BCUT2D eigenvalue weighted by atomic mass is 10.1. The fourth-order valence-corrected chi connectivity index (χ4v) is 3.65. The van der Waals surface area contributed by atoms with Crippen molar-refractivity contribution in [2.45, 2.75) is 31.3 Å². The van der Waals surface area contributed by atoms with Gasteiger partial charge in [-0.25, -0.2) is 4.79 Å². The van der Waals surface area contributed by atoms with Crippen LogP contribution in [0.4, 0.5) is 5.69 Å². The number of halogens is 1. The Bertz CT molecular complexity index is 631. The molecule has 2 fully saturated rings. The van der Waals surface area contributed by atoms with Gasteiger partial charge in [0.15, 0.2) is 0 Å². The fraction of sp³-hybridized carbons (Fsp3) is 0.500. The molecule has 0 radical (unpaired) electrons. The number of hydrogen-bond acceptors (Lipinski definition) is 4. The number of nitrogens with two attached hydrogens (primary N) is 1. The minimum atomic E-state index is -1.02. The first kappa shape index (κ1) is 16.1. The first-order valence-electron chi connectivity index (χ1n) is 7.81. The van der Waals surface area contributed by atoms with Crippen LogP contribution in [-0.4, -0.2) is 53.6 Å². The summed E-state index contributed by atoms with van der Waals surface area (Å²) >= 11 is 6.33. The number of rotatable bonds is 3. The third-order valence-corrected chi connectivity index (χ3v) is 4.82. The van der Waals surface area contributed by atoms with Crippen molar-refractivity contribution in [1.82, 2.24) is 4.90 Å². The molecule has 0 aromatic heterocycles. The topological polar surface area (TPSA) is 86.9 Å². The van der Waals surface area contributed by atoms with Crippen LogP contribution in [0.5, 0.6) is 0 Å². The zero-order valence-electron chi connectivity index (χ0n) is 12.7. The van der Waals surface area contributed by atoms with Crippen LogP contribution in [-0.2, 0) is 4.79 Å². The van der Waals surface area contributed by atoms with E-state index in [0.717, 1.165) is 31.6 Å². The number of nitrogens with zero attached hydrogens (tertiary/aromatic N) is 2. The molecule has 0 saturated carbocycles. The monoisotopic (exact) mass is 337 g/mol. The molecule has 2 atom stereocenters. The zero-order chi connectivity index (χ0) is 16.6. The predicted octanol–water partition coefficient (Wildman–Crippen LogP) is 1.57. The second kappa shape index (κ2) is 6.37. The molecule has 124 valence electrons. The number of hydrogen-bond donors (Lipinski definition) is 2. The molecule has 7 heteroatoms. The van der Waals surface area contributed by atoms with Crippen molar-refractivity contribution in [2.75, 3.05) is 24.5 Å². The summed E-state index contributed by atoms with van der Waals surface area (Å²) in [7, 11) is 0. The molecule has 2 heterocycles. The molecular weight excluding hydrogens is 318 g/mol. The van der Waals surface area contributed by atoms with Gasteiger partial charge in [-0.05, 0) is 37.5 Å². The first-order valence-corrected chi connectivity index (χ1v) is 8.19. The van der Waals surface area contributed by atoms with E-state index in [-0.39, 0.29) is 24.9 Å². The van der Waals surface area contributed by atoms with E-state index in [1.807, 2.05) is 6.07 Å². The second-order valence-electron chi connectivity index (χ2n) is 6.17. The summed E-state index contributed by atoms with van der Waals surface area (Å²) in [5.41, 5.74) is 7.14. The number of anilines is 1. The summed E-state index contributed by atoms with van der Waals surface area (Å²) in [6, 6.07) is 4.01. The average molecular weight is 338 g/mol. The fourth-order valence-electron chi connectivity index (χ4n) is 3.35. The van der Waals surface area contributed by atoms with Gasteiger partial charge >= 0.3 is 5.97 Å². The van der Waals surface area contributed by atoms with Crippen molar-refractivity contribution in [3.63, 3.8) is 0 Å². The third-order valence-electron chi connectivity index (χ3n) is 4.52. The molecule has 0 aliphatic carbocycles. The van der Waals surface area contributed by atoms with Crippen LogP contribution >= 0.6 is 11.6 Å². The van der Waals surface area contributed by atoms with E-state index in [0.29, 0.717) is 10.6 Å². The van der Waals surface area contributed by atoms with Crippen molar-refractivity contribution in [1.29, 1.82) is 0 Å². The SMILES string of the molecule is N[C@H]1C[C@@H](C(=O)O)N(C(=O)c2ccc(N3CCCC3)c(Cl)c2)C1. The van der Waals surface area contributed by atoms with Crippen molar-refractivity contribution in [2.24, 2.45) is 5.73 Å². The molecule has 2 aliphatic rings. The standard InChI is InChI=1S/C16H20ClN3O3/c17-12-7-10(3-4-13(12)19-5-1-2-6-19)15(21)20-9-11(18)8-14(20)16(22)23/h3-4,7,11,14H,1-2,5-6,8-9,18H2,(H,22,23)/t11-,14-/m0/s1. The van der Waals surface area contributed by atoms with Gasteiger partial charge in [0.25, 0.3) is 5.91 Å². The Kier molecular flexibility index (Phi) is 4.46. The molecule has 1 amide bonds. The Morgan fingerprint density at radius 2 is 1.96 bits per heavy atom. The average Bonchev–Trinajstić information content (AvgIpc) is 3.15. The number of aliphatic carboxylic acids is 1. The van der Waals surface area contributed by atoms with Crippen molar-refractivity contribution >= 4 is 29.2 Å². The van der Waals surface area contributed by atoms with Gasteiger partial charge in [-0.3, -0.25) is 4.79 Å². The van der Waals surface area contributed by atoms with E-state index in [4.69, 9.17) is 17.3 Å². The normalized spacial score (nSPS) is 24.3. The molecule has 2 aliphatic heterocycles. The molecule has 0 bridgehead atoms. The lowest BCUT2D eigenvalue weighted by Gasteiger charge is -2.23. The van der Waals surface area contributed by atoms with E-state index in [2.05, 4.69) is 4.90 Å². The Balaban J connectivity index is 1.82. The van der Waals surface area contributed by atoms with Crippen LogP contribution in [0.25, 0.3) is 0 Å². The molecule has 0 unspecified atom stereocenters. The lowest BCUT2D eigenvalue weighted by Crippen LogP contribution is -2.40. The molecule has 6 nitrogen and oxygen atoms in total. The zero-order valence-corrected chi connectivity index (χ0v) is 13.5. The summed E-state index contributed by atoms with van der Waals surface area (Å²) in [4.78, 5) is 27.5. The van der Waals surface area contributed by atoms with Crippen molar-refractivity contribution < 1.29 is 14.7 Å². The van der Waals surface area contributed by atoms with Gasteiger partial charge in [-0.15, -0.1) is 0 Å². The Morgan fingerprint density at radius 3 is 2.57 bits per heavy atom. The molecular formula is C16H20ClN3O3. The highest BCUT2D eigenvalue weighted by Gasteiger charge is 2.38. The summed E-state index contributed by atoms with van der Waals surface area (Å²) in [5, 5.41) is 9.78. The smallest absolute Gasteiger partial charge is 0.326 e. The molecule has 3 N–H and O–H groups in total. The molecule has 1 aromatic carbocycles. The van der Waals surface area contributed by atoms with Gasteiger partial charge in [0, 0.05) is 31.2 Å². The van der Waals surface area contributed by atoms with Gasteiger partial charge in [-0.2, -0.15) is 0 Å². The number of carboxylic acids is 1. The van der Waals surface area contributed by atoms with Gasteiger partial charge in [0.05, 0.1) is 10.7 Å². The number of carbonyl (C=O) groups is 2.